The van der Waals surface area contributed by atoms with Gasteiger partial charge in [0.2, 0.25) is 0 Å². The summed E-state index contributed by atoms with van der Waals surface area (Å²) in [5.74, 6) is -2.88. The van der Waals surface area contributed by atoms with Crippen molar-refractivity contribution in [1.82, 2.24) is 48.1 Å². The van der Waals surface area contributed by atoms with Crippen molar-refractivity contribution in [3.8, 4) is 17.2 Å². The van der Waals surface area contributed by atoms with Crippen molar-refractivity contribution in [3.63, 3.8) is 0 Å². The Labute approximate surface area is 370 Å². The minimum absolute atomic E-state index is 0.0218. The van der Waals surface area contributed by atoms with Crippen molar-refractivity contribution in [2.24, 2.45) is 7.05 Å². The smallest absolute Gasteiger partial charge is 0.376 e. The summed E-state index contributed by atoms with van der Waals surface area (Å²) in [6, 6.07) is 8.62. The first-order valence-electron chi connectivity index (χ1n) is 21.5. The second kappa shape index (κ2) is 14.5. The summed E-state index contributed by atoms with van der Waals surface area (Å²) < 4.78 is 91.0. The molecule has 2 aliphatic heterocycles. The standard InChI is InChI=1S/C46H41F5N10O5/c1-24-36-32(54-61(27-6-7-31(47)30(19-27)46(49,50)51)39(36)60-17-16-59(43(60)64)35-10-9-33-28(38(35)48)21-52-56(33)4)11-15-58(24)40(62)29-23-57-22-26(25-12-18-65-44(2,3)20-25)5-8-34(57)37(29)45(13-14-45)41-53-42(63)66-55-41/h5-10,16-17,19,21-25H,11-15,18,20H2,1-4H3,(H,53,55,63)/t24-,25-/m0/s1. The van der Waals surface area contributed by atoms with Crippen LogP contribution in [0.3, 0.4) is 0 Å². The lowest BCUT2D eigenvalue weighted by molar-refractivity contribution is -0.140. The van der Waals surface area contributed by atoms with Crippen molar-refractivity contribution >= 4 is 22.3 Å². The molecule has 0 unspecified atom stereocenters. The number of nitrogens with one attached hydrogen (secondary N) is 1. The molecule has 0 bridgehead atoms. The lowest BCUT2D eigenvalue weighted by Crippen LogP contribution is -2.40. The van der Waals surface area contributed by atoms with Gasteiger partial charge in [0.25, 0.3) is 5.91 Å². The number of carbonyl (C=O) groups excluding carboxylic acids is 1. The number of halogens is 5. The SMILES string of the molecule is C[C@H]1c2c(nn(-c3ccc(F)c(C(F)(F)F)c3)c2-n2ccn(-c3ccc4c(cnn4C)c3F)c2=O)CCN1C(=O)c1cn2cc([C@H]3CCOC(C)(C)C3)ccc2c1C1(c2noc(=O)[nH]2)CC1. The van der Waals surface area contributed by atoms with Crippen LogP contribution in [-0.2, 0) is 29.8 Å². The number of imidazole rings is 1. The molecule has 2 atom stereocenters. The van der Waals surface area contributed by atoms with Crippen LogP contribution in [0, 0.1) is 11.6 Å². The van der Waals surface area contributed by atoms with Crippen LogP contribution in [0.5, 0.6) is 0 Å². The molecular formula is C46H41F5N10O5. The van der Waals surface area contributed by atoms with E-state index in [0.717, 1.165) is 43.8 Å². The summed E-state index contributed by atoms with van der Waals surface area (Å²) in [7, 11) is 1.65. The minimum atomic E-state index is -5.06. The molecule has 2 aromatic carbocycles. The molecule has 0 spiro atoms. The number of fused-ring (bicyclic) bond motifs is 3. The van der Waals surface area contributed by atoms with E-state index in [1.54, 1.807) is 31.1 Å². The zero-order valence-electron chi connectivity index (χ0n) is 36.0. The van der Waals surface area contributed by atoms with E-state index in [0.29, 0.717) is 65.3 Å². The van der Waals surface area contributed by atoms with Gasteiger partial charge in [-0.15, -0.1) is 0 Å². The van der Waals surface area contributed by atoms with E-state index in [4.69, 9.17) is 14.4 Å². The molecule has 11 rings (SSSR count). The third-order valence-electron chi connectivity index (χ3n) is 13.6. The molecular weight excluding hydrogens is 868 g/mol. The highest BCUT2D eigenvalue weighted by atomic mass is 19.4. The first kappa shape index (κ1) is 41.6. The first-order chi connectivity index (χ1) is 31.4. The third kappa shape index (κ3) is 6.39. The highest BCUT2D eigenvalue weighted by molar-refractivity contribution is 5.99. The Balaban J connectivity index is 1.06. The van der Waals surface area contributed by atoms with E-state index >= 15 is 9.18 Å². The van der Waals surface area contributed by atoms with Gasteiger partial charge in [0.1, 0.15) is 11.6 Å². The van der Waals surface area contributed by atoms with Crippen LogP contribution in [0.1, 0.15) is 103 Å². The molecule has 8 heterocycles. The Morgan fingerprint density at radius 3 is 2.48 bits per heavy atom. The van der Waals surface area contributed by atoms with Crippen LogP contribution in [-0.4, -0.2) is 72.8 Å². The summed E-state index contributed by atoms with van der Waals surface area (Å²) in [6.45, 7) is 6.58. The number of aromatic nitrogens is 9. The van der Waals surface area contributed by atoms with E-state index in [1.165, 1.54) is 29.3 Å². The van der Waals surface area contributed by atoms with Crippen LogP contribution >= 0.6 is 0 Å². The fraction of sp³-hybridized carbons (Fsp3) is 0.348. The van der Waals surface area contributed by atoms with Gasteiger partial charge in [-0.05, 0) is 94.3 Å². The molecule has 1 saturated carbocycles. The molecule has 2 fully saturated rings. The Kier molecular flexibility index (Phi) is 9.11. The molecule has 15 nitrogen and oxygen atoms in total. The van der Waals surface area contributed by atoms with E-state index in [-0.39, 0.29) is 47.1 Å². The minimum Gasteiger partial charge on any atom is -0.376 e. The van der Waals surface area contributed by atoms with Gasteiger partial charge in [-0.2, -0.15) is 23.4 Å². The Morgan fingerprint density at radius 1 is 0.985 bits per heavy atom. The number of benzene rings is 2. The normalized spacial score (nSPS) is 19.2. The van der Waals surface area contributed by atoms with E-state index in [1.807, 2.05) is 16.7 Å². The number of hydrogen-bond acceptors (Lipinski definition) is 8. The summed E-state index contributed by atoms with van der Waals surface area (Å²) in [4.78, 5) is 46.6. The number of rotatable bonds is 7. The monoisotopic (exact) mass is 908 g/mol. The molecule has 1 amide bonds. The zero-order chi connectivity index (χ0) is 46.2. The number of H-pyrrole nitrogens is 1. The number of hydrogen-bond donors (Lipinski definition) is 1. The average Bonchev–Trinajstić information content (AvgIpc) is 3.73. The summed E-state index contributed by atoms with van der Waals surface area (Å²) in [6.07, 6.45) is 5.60. The lowest BCUT2D eigenvalue weighted by Gasteiger charge is -2.35. The van der Waals surface area contributed by atoms with Gasteiger partial charge in [0.15, 0.2) is 11.6 Å². The molecule has 20 heteroatoms. The van der Waals surface area contributed by atoms with Crippen LogP contribution in [0.25, 0.3) is 33.6 Å². The summed E-state index contributed by atoms with van der Waals surface area (Å²) in [5.41, 5.74) is 0.176. The maximum atomic E-state index is 16.1. The average molecular weight is 909 g/mol. The second-order valence-corrected chi connectivity index (χ2v) is 18.1. The lowest BCUT2D eigenvalue weighted by atomic mass is 9.84. The topological polar surface area (TPSA) is 155 Å². The highest BCUT2D eigenvalue weighted by Gasteiger charge is 2.53. The van der Waals surface area contributed by atoms with Crippen molar-refractivity contribution < 1.29 is 36.0 Å². The molecule has 1 N–H and O–H groups in total. The number of carbonyl (C=O) groups is 1. The molecule has 66 heavy (non-hydrogen) atoms. The second-order valence-electron chi connectivity index (χ2n) is 18.1. The van der Waals surface area contributed by atoms with Crippen LogP contribution in [0.4, 0.5) is 22.0 Å². The molecule has 340 valence electrons. The fourth-order valence-corrected chi connectivity index (χ4v) is 10.2. The van der Waals surface area contributed by atoms with Crippen molar-refractivity contribution in [1.29, 1.82) is 0 Å². The largest absolute Gasteiger partial charge is 0.438 e. The Hall–Kier alpha value is -7.09. The van der Waals surface area contributed by atoms with E-state index < -0.39 is 52.2 Å². The number of aryl methyl sites for hydroxylation is 1. The van der Waals surface area contributed by atoms with Gasteiger partial charge in [-0.3, -0.25) is 28.1 Å². The zero-order valence-corrected chi connectivity index (χ0v) is 36.0. The highest BCUT2D eigenvalue weighted by Crippen LogP contribution is 2.55. The van der Waals surface area contributed by atoms with Gasteiger partial charge in [0, 0.05) is 62.5 Å². The van der Waals surface area contributed by atoms with Gasteiger partial charge in [0.05, 0.1) is 67.9 Å². The fourth-order valence-electron chi connectivity index (χ4n) is 10.2. The Bertz CT molecular complexity index is 3420. The number of ether oxygens (including phenoxy) is 1. The predicted octanol–water partition coefficient (Wildman–Crippen LogP) is 7.44. The van der Waals surface area contributed by atoms with Gasteiger partial charge in [-0.1, -0.05) is 11.2 Å². The van der Waals surface area contributed by atoms with Gasteiger partial charge < -0.3 is 14.0 Å². The molecule has 6 aromatic heterocycles. The quantitative estimate of drug-likeness (QED) is 0.162. The first-order valence-corrected chi connectivity index (χ1v) is 21.5. The van der Waals surface area contributed by atoms with Crippen LogP contribution in [0.2, 0.25) is 0 Å². The number of nitrogens with zero attached hydrogens (tertiary/aromatic N) is 9. The maximum absolute atomic E-state index is 16.1. The number of amides is 1. The van der Waals surface area contributed by atoms with Gasteiger partial charge in [-0.25, -0.2) is 23.1 Å². The van der Waals surface area contributed by atoms with Crippen molar-refractivity contribution in [2.75, 3.05) is 13.2 Å². The summed E-state index contributed by atoms with van der Waals surface area (Å²) in [5, 5.41) is 13.1. The predicted molar refractivity (Wildman–Crippen MR) is 227 cm³/mol. The number of pyridine rings is 1. The Morgan fingerprint density at radius 2 is 1.76 bits per heavy atom. The van der Waals surface area contributed by atoms with E-state index in [9.17, 15) is 27.2 Å². The summed E-state index contributed by atoms with van der Waals surface area (Å²) >= 11 is 0. The number of aromatic amines is 1. The molecule has 1 saturated heterocycles. The molecule has 3 aliphatic rings. The molecule has 0 radical (unpaired) electrons. The number of alkyl halides is 3. The van der Waals surface area contributed by atoms with Crippen molar-refractivity contribution in [2.45, 2.75) is 82.0 Å². The van der Waals surface area contributed by atoms with Crippen LogP contribution < -0.4 is 11.4 Å². The maximum Gasteiger partial charge on any atom is 0.438 e. The third-order valence-corrected chi connectivity index (χ3v) is 13.6. The van der Waals surface area contributed by atoms with Gasteiger partial charge >= 0.3 is 17.6 Å². The van der Waals surface area contributed by atoms with E-state index in [2.05, 4.69) is 35.2 Å². The molecule has 1 aliphatic carbocycles. The van der Waals surface area contributed by atoms with Crippen LogP contribution in [0.15, 0.2) is 87.6 Å². The molecule has 8 aromatic rings. The van der Waals surface area contributed by atoms with Crippen molar-refractivity contribution in [3.05, 3.63) is 145 Å².